The highest BCUT2D eigenvalue weighted by atomic mass is 79.9. The van der Waals surface area contributed by atoms with E-state index >= 15 is 0 Å². The molecule has 0 bridgehead atoms. The molecule has 0 aromatic heterocycles. The van der Waals surface area contributed by atoms with E-state index in [-0.39, 0.29) is 11.7 Å². The molecule has 102 valence electrons. The molecule has 0 saturated heterocycles. The van der Waals surface area contributed by atoms with Crippen LogP contribution in [-0.4, -0.2) is 17.2 Å². The number of aromatic hydroxyl groups is 1. The summed E-state index contributed by atoms with van der Waals surface area (Å²) in [5.74, 6) is -0.307. The van der Waals surface area contributed by atoms with Gasteiger partial charge in [0, 0.05) is 20.6 Å². The van der Waals surface area contributed by atoms with Crippen LogP contribution in [-0.2, 0) is 0 Å². The number of hydrogen-bond acceptors (Lipinski definition) is 3. The lowest BCUT2D eigenvalue weighted by atomic mass is 10.2. The van der Waals surface area contributed by atoms with E-state index in [2.05, 4.69) is 26.5 Å². The number of phenolic OH excluding ortho intramolecular Hbond substituents is 1. The van der Waals surface area contributed by atoms with Gasteiger partial charge in [-0.3, -0.25) is 4.79 Å². The summed E-state index contributed by atoms with van der Waals surface area (Å²) in [6.45, 7) is 0. The van der Waals surface area contributed by atoms with Crippen LogP contribution in [0.15, 0.2) is 52.0 Å². The minimum absolute atomic E-state index is 0.0369. The normalized spacial score (nSPS) is 10.7. The summed E-state index contributed by atoms with van der Waals surface area (Å²) in [4.78, 5) is 11.8. The van der Waals surface area contributed by atoms with Crippen molar-refractivity contribution in [1.29, 1.82) is 0 Å². The summed E-state index contributed by atoms with van der Waals surface area (Å²) >= 11 is 9.09. The molecule has 0 aliphatic rings. The first-order valence-electron chi connectivity index (χ1n) is 5.64. The average molecular weight is 354 g/mol. The summed E-state index contributed by atoms with van der Waals surface area (Å²) in [6.07, 6.45) is 1.33. The lowest BCUT2D eigenvalue weighted by Gasteiger charge is -2.01. The molecule has 0 heterocycles. The van der Waals surface area contributed by atoms with Crippen LogP contribution in [0.2, 0.25) is 5.02 Å². The van der Waals surface area contributed by atoms with Crippen LogP contribution < -0.4 is 5.43 Å². The SMILES string of the molecule is O=C(N/N=C/c1cc(Cl)ccc1O)c1cccc(Br)c1. The van der Waals surface area contributed by atoms with Gasteiger partial charge in [0.15, 0.2) is 0 Å². The van der Waals surface area contributed by atoms with Crippen molar-refractivity contribution < 1.29 is 9.90 Å². The zero-order valence-corrected chi connectivity index (χ0v) is 12.5. The van der Waals surface area contributed by atoms with Crippen LogP contribution in [0.4, 0.5) is 0 Å². The van der Waals surface area contributed by atoms with Gasteiger partial charge in [-0.1, -0.05) is 33.6 Å². The molecule has 4 nitrogen and oxygen atoms in total. The zero-order chi connectivity index (χ0) is 14.5. The maximum absolute atomic E-state index is 11.8. The molecule has 6 heteroatoms. The molecular formula is C14H10BrClN2O2. The van der Waals surface area contributed by atoms with Crippen molar-refractivity contribution in [2.75, 3.05) is 0 Å². The van der Waals surface area contributed by atoms with Crippen molar-refractivity contribution in [1.82, 2.24) is 5.43 Å². The predicted octanol–water partition coefficient (Wildman–Crippen LogP) is 3.57. The van der Waals surface area contributed by atoms with Crippen LogP contribution in [0.25, 0.3) is 0 Å². The molecule has 2 N–H and O–H groups in total. The number of hydrazone groups is 1. The smallest absolute Gasteiger partial charge is 0.271 e. The van der Waals surface area contributed by atoms with E-state index in [9.17, 15) is 9.90 Å². The van der Waals surface area contributed by atoms with E-state index in [1.165, 1.54) is 12.3 Å². The fourth-order valence-corrected chi connectivity index (χ4v) is 2.06. The molecule has 20 heavy (non-hydrogen) atoms. The summed E-state index contributed by atoms with van der Waals surface area (Å²) in [6, 6.07) is 11.5. The number of hydrogen-bond donors (Lipinski definition) is 2. The standard InChI is InChI=1S/C14H10BrClN2O2/c15-11-3-1-2-9(6-11)14(20)18-17-8-10-7-12(16)4-5-13(10)19/h1-8,19H,(H,18,20)/b17-8+. The fraction of sp³-hybridized carbons (Fsp3) is 0. The number of carbonyl (C=O) groups excluding carboxylic acids is 1. The number of nitrogens with one attached hydrogen (secondary N) is 1. The average Bonchev–Trinajstić information content (AvgIpc) is 2.42. The quantitative estimate of drug-likeness (QED) is 0.654. The molecule has 2 aromatic rings. The second kappa shape index (κ2) is 6.54. The molecule has 0 saturated carbocycles. The first-order valence-corrected chi connectivity index (χ1v) is 6.81. The van der Waals surface area contributed by atoms with E-state index in [4.69, 9.17) is 11.6 Å². The number of carbonyl (C=O) groups is 1. The molecule has 0 atom stereocenters. The number of phenols is 1. The summed E-state index contributed by atoms with van der Waals surface area (Å²) < 4.78 is 0.807. The summed E-state index contributed by atoms with van der Waals surface area (Å²) in [5, 5.41) is 13.9. The Balaban J connectivity index is 2.06. The highest BCUT2D eigenvalue weighted by molar-refractivity contribution is 9.10. The second-order valence-electron chi connectivity index (χ2n) is 3.91. The second-order valence-corrected chi connectivity index (χ2v) is 5.26. The monoisotopic (exact) mass is 352 g/mol. The maximum Gasteiger partial charge on any atom is 0.271 e. The Hall–Kier alpha value is -1.85. The van der Waals surface area contributed by atoms with Gasteiger partial charge in [0.25, 0.3) is 5.91 Å². The van der Waals surface area contributed by atoms with Gasteiger partial charge >= 0.3 is 0 Å². The van der Waals surface area contributed by atoms with E-state index < -0.39 is 0 Å². The number of amides is 1. The summed E-state index contributed by atoms with van der Waals surface area (Å²) in [7, 11) is 0. The maximum atomic E-state index is 11.8. The largest absolute Gasteiger partial charge is 0.507 e. The van der Waals surface area contributed by atoms with Crippen molar-refractivity contribution in [2.45, 2.75) is 0 Å². The number of nitrogens with zero attached hydrogens (tertiary/aromatic N) is 1. The van der Waals surface area contributed by atoms with Gasteiger partial charge in [-0.2, -0.15) is 5.10 Å². The third-order valence-electron chi connectivity index (χ3n) is 2.45. The van der Waals surface area contributed by atoms with E-state index in [0.29, 0.717) is 16.1 Å². The Morgan fingerprint density at radius 3 is 2.85 bits per heavy atom. The minimum atomic E-state index is -0.343. The lowest BCUT2D eigenvalue weighted by molar-refractivity contribution is 0.0955. The van der Waals surface area contributed by atoms with Gasteiger partial charge in [0.2, 0.25) is 0 Å². The molecule has 1 amide bonds. The molecule has 0 aliphatic carbocycles. The minimum Gasteiger partial charge on any atom is -0.507 e. The van der Waals surface area contributed by atoms with Crippen LogP contribution in [0, 0.1) is 0 Å². The number of benzene rings is 2. The Bertz CT molecular complexity index is 674. The molecule has 0 aliphatic heterocycles. The predicted molar refractivity (Wildman–Crippen MR) is 82.3 cm³/mol. The van der Waals surface area contributed by atoms with Crippen molar-refractivity contribution in [3.8, 4) is 5.75 Å². The van der Waals surface area contributed by atoms with Crippen molar-refractivity contribution >= 4 is 39.7 Å². The van der Waals surface area contributed by atoms with Gasteiger partial charge in [-0.25, -0.2) is 5.43 Å². The third-order valence-corrected chi connectivity index (χ3v) is 3.17. The van der Waals surface area contributed by atoms with Crippen LogP contribution in [0.3, 0.4) is 0 Å². The molecule has 2 aromatic carbocycles. The van der Waals surface area contributed by atoms with Crippen molar-refractivity contribution in [3.05, 3.63) is 63.1 Å². The van der Waals surface area contributed by atoms with Gasteiger partial charge in [0.05, 0.1) is 6.21 Å². The third kappa shape index (κ3) is 3.82. The van der Waals surface area contributed by atoms with Crippen LogP contribution in [0.5, 0.6) is 5.75 Å². The molecular weight excluding hydrogens is 344 g/mol. The Labute approximate surface area is 129 Å². The molecule has 0 radical (unpaired) electrons. The van der Waals surface area contributed by atoms with Gasteiger partial charge in [-0.05, 0) is 36.4 Å². The lowest BCUT2D eigenvalue weighted by Crippen LogP contribution is -2.17. The topological polar surface area (TPSA) is 61.7 Å². The Morgan fingerprint density at radius 2 is 2.10 bits per heavy atom. The first kappa shape index (κ1) is 14.6. The zero-order valence-electron chi connectivity index (χ0n) is 10.2. The highest BCUT2D eigenvalue weighted by Crippen LogP contribution is 2.19. The van der Waals surface area contributed by atoms with Gasteiger partial charge in [-0.15, -0.1) is 0 Å². The molecule has 2 rings (SSSR count). The summed E-state index contributed by atoms with van der Waals surface area (Å²) in [5.41, 5.74) is 3.28. The van der Waals surface area contributed by atoms with Crippen LogP contribution >= 0.6 is 27.5 Å². The van der Waals surface area contributed by atoms with Crippen molar-refractivity contribution in [3.63, 3.8) is 0 Å². The molecule has 0 unspecified atom stereocenters. The Morgan fingerprint density at radius 1 is 1.30 bits per heavy atom. The van der Waals surface area contributed by atoms with E-state index in [1.54, 1.807) is 30.3 Å². The first-order chi connectivity index (χ1) is 9.56. The van der Waals surface area contributed by atoms with Gasteiger partial charge in [0.1, 0.15) is 5.75 Å². The Kier molecular flexibility index (Phi) is 4.76. The number of rotatable bonds is 3. The van der Waals surface area contributed by atoms with Gasteiger partial charge < -0.3 is 5.11 Å². The fourth-order valence-electron chi connectivity index (χ4n) is 1.48. The molecule has 0 fully saturated rings. The molecule has 0 spiro atoms. The highest BCUT2D eigenvalue weighted by Gasteiger charge is 2.04. The van der Waals surface area contributed by atoms with E-state index in [1.807, 2.05) is 6.07 Å². The van der Waals surface area contributed by atoms with E-state index in [0.717, 1.165) is 4.47 Å². The number of halogens is 2. The van der Waals surface area contributed by atoms with Crippen LogP contribution in [0.1, 0.15) is 15.9 Å². The van der Waals surface area contributed by atoms with Crippen molar-refractivity contribution in [2.24, 2.45) is 5.10 Å².